The highest BCUT2D eigenvalue weighted by Crippen LogP contribution is 2.26. The summed E-state index contributed by atoms with van der Waals surface area (Å²) in [7, 11) is 0. The van der Waals surface area contributed by atoms with Crippen molar-refractivity contribution in [2.75, 3.05) is 0 Å². The molecule has 0 saturated carbocycles. The summed E-state index contributed by atoms with van der Waals surface area (Å²) in [5.74, 6) is 0.318. The molecule has 0 spiro atoms. The minimum absolute atomic E-state index is 0.0778. The Morgan fingerprint density at radius 3 is 2.68 bits per heavy atom. The third-order valence-electron chi connectivity index (χ3n) is 4.02. The zero-order chi connectivity index (χ0) is 17.1. The lowest BCUT2D eigenvalue weighted by Gasteiger charge is -2.10. The van der Waals surface area contributed by atoms with Gasteiger partial charge in [0, 0.05) is 17.4 Å². The van der Waals surface area contributed by atoms with Crippen LogP contribution in [0.4, 0.5) is 0 Å². The van der Waals surface area contributed by atoms with Gasteiger partial charge in [-0.3, -0.25) is 4.79 Å². The Morgan fingerprint density at radius 1 is 1.08 bits per heavy atom. The molecule has 25 heavy (non-hydrogen) atoms. The second-order valence-electron chi connectivity index (χ2n) is 5.68. The van der Waals surface area contributed by atoms with E-state index in [1.165, 1.54) is 6.39 Å². The fraction of sp³-hybridized carbons (Fsp3) is 0.105. The number of nitrogens with zero attached hydrogens (tertiary/aromatic N) is 3. The zero-order valence-corrected chi connectivity index (χ0v) is 13.4. The molecule has 0 saturated heterocycles. The van der Waals surface area contributed by atoms with E-state index >= 15 is 0 Å². The van der Waals surface area contributed by atoms with E-state index < -0.39 is 0 Å². The first kappa shape index (κ1) is 15.1. The summed E-state index contributed by atoms with van der Waals surface area (Å²) in [6.07, 6.45) is 1.28. The summed E-state index contributed by atoms with van der Waals surface area (Å²) in [5, 5.41) is 11.7. The van der Waals surface area contributed by atoms with Gasteiger partial charge in [-0.25, -0.2) is 0 Å². The predicted octanol–water partition coefficient (Wildman–Crippen LogP) is 3.01. The van der Waals surface area contributed by atoms with Crippen molar-refractivity contribution < 1.29 is 9.21 Å². The Balaban J connectivity index is 1.60. The highest BCUT2D eigenvalue weighted by Gasteiger charge is 2.16. The summed E-state index contributed by atoms with van der Waals surface area (Å²) >= 11 is 0. The number of para-hydroxylation sites is 1. The Hall–Kier alpha value is -3.41. The number of hydrogen-bond donors (Lipinski definition) is 1. The van der Waals surface area contributed by atoms with Gasteiger partial charge in [-0.1, -0.05) is 48.5 Å². The first-order chi connectivity index (χ1) is 12.3. The van der Waals surface area contributed by atoms with E-state index in [4.69, 9.17) is 4.42 Å². The van der Waals surface area contributed by atoms with E-state index in [2.05, 4.69) is 15.5 Å². The molecule has 2 heterocycles. The molecule has 6 heteroatoms. The van der Waals surface area contributed by atoms with Gasteiger partial charge in [-0.15, -0.1) is 10.2 Å². The fourth-order valence-electron chi connectivity index (χ4n) is 2.84. The van der Waals surface area contributed by atoms with Gasteiger partial charge < -0.3 is 14.3 Å². The van der Waals surface area contributed by atoms with Crippen molar-refractivity contribution in [3.63, 3.8) is 0 Å². The van der Waals surface area contributed by atoms with E-state index in [-0.39, 0.29) is 12.5 Å². The smallest absolute Gasteiger partial charge is 0.264 e. The number of fused-ring (bicyclic) bond motifs is 1. The third-order valence-corrected chi connectivity index (χ3v) is 4.02. The van der Waals surface area contributed by atoms with Crippen molar-refractivity contribution in [3.8, 4) is 11.6 Å². The Labute approximate surface area is 144 Å². The van der Waals surface area contributed by atoms with Gasteiger partial charge in [0.2, 0.25) is 12.3 Å². The van der Waals surface area contributed by atoms with E-state index in [0.29, 0.717) is 12.4 Å². The molecular weight excluding hydrogens is 316 g/mol. The molecule has 2 aromatic carbocycles. The number of carbonyl (C=O) groups excluding carboxylic acids is 1. The average molecular weight is 332 g/mol. The van der Waals surface area contributed by atoms with Gasteiger partial charge in [0.15, 0.2) is 0 Å². The predicted molar refractivity (Wildman–Crippen MR) is 93.5 cm³/mol. The van der Waals surface area contributed by atoms with Gasteiger partial charge in [-0.05, 0) is 17.7 Å². The van der Waals surface area contributed by atoms with Crippen molar-refractivity contribution in [2.24, 2.45) is 0 Å². The number of carbonyl (C=O) groups is 1. The molecular formula is C19H16N4O2. The number of nitrogens with one attached hydrogen (secondary N) is 1. The monoisotopic (exact) mass is 332 g/mol. The summed E-state index contributed by atoms with van der Waals surface area (Å²) in [6.45, 7) is 0.673. The molecule has 6 nitrogen and oxygen atoms in total. The number of hydrogen-bond acceptors (Lipinski definition) is 4. The topological polar surface area (TPSA) is 73.0 Å². The largest absolute Gasteiger partial charge is 0.422 e. The van der Waals surface area contributed by atoms with Crippen LogP contribution in [-0.4, -0.2) is 20.7 Å². The minimum Gasteiger partial charge on any atom is -0.422 e. The van der Waals surface area contributed by atoms with Crippen LogP contribution in [0.2, 0.25) is 0 Å². The first-order valence-electron chi connectivity index (χ1n) is 7.97. The molecule has 0 aliphatic carbocycles. The lowest BCUT2D eigenvalue weighted by atomic mass is 10.2. The molecule has 4 aromatic rings. The normalized spacial score (nSPS) is 10.9. The highest BCUT2D eigenvalue weighted by molar-refractivity contribution is 5.88. The molecule has 0 bridgehead atoms. The Bertz CT molecular complexity index is 991. The Kier molecular flexibility index (Phi) is 4.00. The van der Waals surface area contributed by atoms with Crippen LogP contribution in [0.5, 0.6) is 0 Å². The van der Waals surface area contributed by atoms with Crippen LogP contribution in [0.3, 0.4) is 0 Å². The van der Waals surface area contributed by atoms with Crippen molar-refractivity contribution in [3.05, 3.63) is 72.6 Å². The lowest BCUT2D eigenvalue weighted by molar-refractivity contribution is -0.121. The molecule has 0 aliphatic heterocycles. The van der Waals surface area contributed by atoms with E-state index in [1.54, 1.807) is 0 Å². The summed E-state index contributed by atoms with van der Waals surface area (Å²) in [6, 6.07) is 19.6. The van der Waals surface area contributed by atoms with Crippen LogP contribution in [0.25, 0.3) is 22.5 Å². The van der Waals surface area contributed by atoms with E-state index in [0.717, 1.165) is 22.2 Å². The second kappa shape index (κ2) is 6.60. The zero-order valence-electron chi connectivity index (χ0n) is 13.4. The quantitative estimate of drug-likeness (QED) is 0.610. The van der Waals surface area contributed by atoms with Gasteiger partial charge in [-0.2, -0.15) is 0 Å². The maximum absolute atomic E-state index is 12.5. The number of amides is 1. The molecule has 0 aliphatic rings. The van der Waals surface area contributed by atoms with Crippen LogP contribution in [0.1, 0.15) is 5.56 Å². The molecule has 0 fully saturated rings. The van der Waals surface area contributed by atoms with Crippen molar-refractivity contribution in [2.45, 2.75) is 13.1 Å². The Morgan fingerprint density at radius 2 is 1.88 bits per heavy atom. The van der Waals surface area contributed by atoms with Crippen LogP contribution in [0, 0.1) is 0 Å². The van der Waals surface area contributed by atoms with Crippen molar-refractivity contribution in [1.29, 1.82) is 0 Å². The SMILES string of the molecule is O=C(Cn1c(-c2nnco2)cc2ccccc21)NCc1ccccc1. The highest BCUT2D eigenvalue weighted by atomic mass is 16.4. The van der Waals surface area contributed by atoms with Crippen molar-refractivity contribution >= 4 is 16.8 Å². The standard InChI is InChI=1S/C19H16N4O2/c24-18(20-11-14-6-2-1-3-7-14)12-23-16-9-5-4-8-15(16)10-17(23)19-22-21-13-25-19/h1-10,13H,11-12H2,(H,20,24). The number of aromatic nitrogens is 3. The third kappa shape index (κ3) is 3.14. The maximum atomic E-state index is 12.5. The van der Waals surface area contributed by atoms with Gasteiger partial charge in [0.25, 0.3) is 5.89 Å². The van der Waals surface area contributed by atoms with Gasteiger partial charge >= 0.3 is 0 Å². The average Bonchev–Trinajstić information content (AvgIpc) is 3.29. The summed E-state index contributed by atoms with van der Waals surface area (Å²) in [4.78, 5) is 12.5. The molecule has 4 rings (SSSR count). The van der Waals surface area contributed by atoms with E-state index in [1.807, 2.05) is 65.2 Å². The number of rotatable bonds is 5. The van der Waals surface area contributed by atoms with E-state index in [9.17, 15) is 4.79 Å². The van der Waals surface area contributed by atoms with Gasteiger partial charge in [0.05, 0.1) is 0 Å². The van der Waals surface area contributed by atoms with Crippen LogP contribution in [-0.2, 0) is 17.9 Å². The molecule has 0 atom stereocenters. The molecule has 0 unspecified atom stereocenters. The first-order valence-corrected chi connectivity index (χ1v) is 7.97. The van der Waals surface area contributed by atoms with Crippen LogP contribution in [0.15, 0.2) is 71.5 Å². The fourth-order valence-corrected chi connectivity index (χ4v) is 2.84. The maximum Gasteiger partial charge on any atom is 0.264 e. The van der Waals surface area contributed by atoms with Crippen molar-refractivity contribution in [1.82, 2.24) is 20.1 Å². The van der Waals surface area contributed by atoms with Gasteiger partial charge in [0.1, 0.15) is 12.2 Å². The summed E-state index contributed by atoms with van der Waals surface area (Å²) < 4.78 is 7.22. The minimum atomic E-state index is -0.0778. The van der Waals surface area contributed by atoms with Crippen LogP contribution < -0.4 is 5.32 Å². The van der Waals surface area contributed by atoms with Crippen LogP contribution >= 0.6 is 0 Å². The molecule has 124 valence electrons. The molecule has 1 amide bonds. The molecule has 2 aromatic heterocycles. The second-order valence-corrected chi connectivity index (χ2v) is 5.68. The lowest BCUT2D eigenvalue weighted by Crippen LogP contribution is -2.27. The summed E-state index contributed by atoms with van der Waals surface area (Å²) in [5.41, 5.74) is 2.74. The molecule has 1 N–H and O–H groups in total. The number of benzene rings is 2. The molecule has 0 radical (unpaired) electrons.